The summed E-state index contributed by atoms with van der Waals surface area (Å²) in [6.07, 6.45) is 7.88. The molecular formula is C23H21N3O3S. The summed E-state index contributed by atoms with van der Waals surface area (Å²) in [5, 5.41) is 4.84. The minimum absolute atomic E-state index is 0.113. The van der Waals surface area contributed by atoms with Crippen LogP contribution in [0.1, 0.15) is 12.5 Å². The molecular weight excluding hydrogens is 398 g/mol. The smallest absolute Gasteiger partial charge is 0.262 e. The molecule has 0 bridgehead atoms. The Bertz CT molecular complexity index is 1160. The third-order valence-electron chi connectivity index (χ3n) is 4.46. The predicted octanol–water partition coefficient (Wildman–Crippen LogP) is 5.12. The number of amides is 1. The van der Waals surface area contributed by atoms with Crippen LogP contribution in [0.5, 0.6) is 11.5 Å². The van der Waals surface area contributed by atoms with Crippen molar-refractivity contribution in [2.75, 3.05) is 19.0 Å². The lowest BCUT2D eigenvalue weighted by molar-refractivity contribution is -0.118. The van der Waals surface area contributed by atoms with Crippen molar-refractivity contribution in [2.45, 2.75) is 6.92 Å². The summed E-state index contributed by atoms with van der Waals surface area (Å²) >= 11 is 1.59. The number of hydrogen-bond acceptors (Lipinski definition) is 5. The molecule has 0 atom stereocenters. The number of carbonyl (C=O) groups is 1. The first-order chi connectivity index (χ1) is 14.7. The van der Waals surface area contributed by atoms with Crippen molar-refractivity contribution >= 4 is 34.0 Å². The summed E-state index contributed by atoms with van der Waals surface area (Å²) in [5.41, 5.74) is 3.59. The molecule has 0 aliphatic carbocycles. The van der Waals surface area contributed by atoms with E-state index in [9.17, 15) is 4.79 Å². The molecule has 152 valence electrons. The fourth-order valence-electron chi connectivity index (χ4n) is 3.03. The lowest BCUT2D eigenvalue weighted by atomic mass is 10.1. The summed E-state index contributed by atoms with van der Waals surface area (Å²) in [7, 11) is 1.58. The summed E-state index contributed by atoms with van der Waals surface area (Å²) in [4.78, 5) is 17.8. The van der Waals surface area contributed by atoms with Crippen molar-refractivity contribution in [1.82, 2.24) is 9.38 Å². The molecule has 0 unspecified atom stereocenters. The monoisotopic (exact) mass is 419 g/mol. The van der Waals surface area contributed by atoms with Gasteiger partial charge in [0.2, 0.25) is 0 Å². The molecule has 0 saturated heterocycles. The van der Waals surface area contributed by atoms with E-state index in [1.54, 1.807) is 24.5 Å². The molecule has 0 aliphatic rings. The van der Waals surface area contributed by atoms with Crippen LogP contribution < -0.4 is 14.8 Å². The number of imidazole rings is 1. The Labute approximate surface area is 178 Å². The molecule has 0 spiro atoms. The molecule has 0 fully saturated rings. The van der Waals surface area contributed by atoms with Gasteiger partial charge in [0.1, 0.15) is 0 Å². The predicted molar refractivity (Wildman–Crippen MR) is 120 cm³/mol. The molecule has 6 nitrogen and oxygen atoms in total. The minimum atomic E-state index is -0.246. The van der Waals surface area contributed by atoms with E-state index in [-0.39, 0.29) is 12.5 Å². The second-order valence-corrected chi connectivity index (χ2v) is 7.42. The van der Waals surface area contributed by atoms with Crippen LogP contribution in [-0.4, -0.2) is 29.0 Å². The Hall–Kier alpha value is -3.58. The number of thiazole rings is 1. The van der Waals surface area contributed by atoms with Crippen LogP contribution in [0.25, 0.3) is 22.3 Å². The number of ether oxygens (including phenoxy) is 2. The number of anilines is 1. The normalized spacial score (nSPS) is 11.1. The number of allylic oxidation sites excluding steroid dienone is 1. The van der Waals surface area contributed by atoms with Crippen molar-refractivity contribution in [3.8, 4) is 22.8 Å². The number of hydrogen-bond donors (Lipinski definition) is 1. The first-order valence-corrected chi connectivity index (χ1v) is 10.3. The van der Waals surface area contributed by atoms with E-state index in [0.717, 1.165) is 21.8 Å². The number of nitrogens with one attached hydrogen (secondary N) is 1. The summed E-state index contributed by atoms with van der Waals surface area (Å²) in [6, 6.07) is 13.2. The number of benzene rings is 2. The first kappa shape index (κ1) is 19.7. The van der Waals surface area contributed by atoms with Gasteiger partial charge in [-0.05, 0) is 36.8 Å². The third kappa shape index (κ3) is 4.36. The fourth-order valence-corrected chi connectivity index (χ4v) is 3.73. The Morgan fingerprint density at radius 2 is 2.03 bits per heavy atom. The van der Waals surface area contributed by atoms with Crippen LogP contribution in [0.4, 0.5) is 5.69 Å². The van der Waals surface area contributed by atoms with Crippen LogP contribution in [0.3, 0.4) is 0 Å². The summed E-state index contributed by atoms with van der Waals surface area (Å²) < 4.78 is 13.0. The maximum Gasteiger partial charge on any atom is 0.262 e. The van der Waals surface area contributed by atoms with Gasteiger partial charge in [0.05, 0.1) is 12.8 Å². The van der Waals surface area contributed by atoms with Crippen molar-refractivity contribution < 1.29 is 14.3 Å². The zero-order chi connectivity index (χ0) is 20.9. The lowest BCUT2D eigenvalue weighted by Gasteiger charge is -2.11. The average Bonchev–Trinajstić information content (AvgIpc) is 3.36. The van der Waals surface area contributed by atoms with E-state index < -0.39 is 0 Å². The van der Waals surface area contributed by atoms with Crippen LogP contribution in [0.15, 0.2) is 66.3 Å². The quantitative estimate of drug-likeness (QED) is 0.451. The molecule has 0 aliphatic heterocycles. The van der Waals surface area contributed by atoms with Gasteiger partial charge >= 0.3 is 0 Å². The van der Waals surface area contributed by atoms with Crippen LogP contribution in [-0.2, 0) is 4.79 Å². The number of rotatable bonds is 7. The highest BCUT2D eigenvalue weighted by Gasteiger charge is 2.10. The van der Waals surface area contributed by atoms with Crippen molar-refractivity contribution in [3.63, 3.8) is 0 Å². The minimum Gasteiger partial charge on any atom is -0.493 e. The van der Waals surface area contributed by atoms with Gasteiger partial charge in [0.15, 0.2) is 23.1 Å². The standard InChI is InChI=1S/C23H21N3O3S/c1-3-4-16-5-10-20(21(13-16)28-2)29-15-22(27)24-18-8-6-17(7-9-18)19-14-26-11-12-30-23(26)25-19/h3-14H,15H2,1-2H3,(H,24,27)/b4-3+. The molecule has 1 N–H and O–H groups in total. The molecule has 4 aromatic rings. The first-order valence-electron chi connectivity index (χ1n) is 9.42. The maximum atomic E-state index is 12.3. The molecule has 2 aromatic carbocycles. The maximum absolute atomic E-state index is 12.3. The molecule has 0 saturated carbocycles. The van der Waals surface area contributed by atoms with Gasteiger partial charge < -0.3 is 14.8 Å². The largest absolute Gasteiger partial charge is 0.493 e. The third-order valence-corrected chi connectivity index (χ3v) is 5.23. The van der Waals surface area contributed by atoms with Gasteiger partial charge in [-0.1, -0.05) is 30.4 Å². The molecule has 0 radical (unpaired) electrons. The zero-order valence-electron chi connectivity index (χ0n) is 16.7. The highest BCUT2D eigenvalue weighted by molar-refractivity contribution is 7.15. The van der Waals surface area contributed by atoms with Crippen LogP contribution in [0.2, 0.25) is 0 Å². The van der Waals surface area contributed by atoms with E-state index in [4.69, 9.17) is 9.47 Å². The number of carbonyl (C=O) groups excluding carboxylic acids is 1. The van der Waals surface area contributed by atoms with Gasteiger partial charge in [0, 0.05) is 29.0 Å². The highest BCUT2D eigenvalue weighted by atomic mass is 32.1. The van der Waals surface area contributed by atoms with E-state index >= 15 is 0 Å². The van der Waals surface area contributed by atoms with E-state index in [1.807, 2.05) is 77.6 Å². The van der Waals surface area contributed by atoms with E-state index in [2.05, 4.69) is 10.3 Å². The number of fused-ring (bicyclic) bond motifs is 1. The zero-order valence-corrected chi connectivity index (χ0v) is 17.5. The number of aromatic nitrogens is 2. The van der Waals surface area contributed by atoms with Crippen LogP contribution in [0, 0.1) is 0 Å². The lowest BCUT2D eigenvalue weighted by Crippen LogP contribution is -2.20. The second-order valence-electron chi connectivity index (χ2n) is 6.54. The molecule has 7 heteroatoms. The Balaban J connectivity index is 1.36. The summed E-state index contributed by atoms with van der Waals surface area (Å²) in [5.74, 6) is 0.864. The van der Waals surface area contributed by atoms with Gasteiger partial charge in [-0.3, -0.25) is 9.20 Å². The summed E-state index contributed by atoms with van der Waals surface area (Å²) in [6.45, 7) is 1.84. The molecule has 30 heavy (non-hydrogen) atoms. The molecule has 4 rings (SSSR count). The SMILES string of the molecule is C/C=C/c1ccc(OCC(=O)Nc2ccc(-c3cn4ccsc4n3)cc2)c(OC)c1. The van der Waals surface area contributed by atoms with Gasteiger partial charge in [-0.2, -0.15) is 0 Å². The Morgan fingerprint density at radius 3 is 2.77 bits per heavy atom. The molecule has 1 amide bonds. The van der Waals surface area contributed by atoms with Crippen molar-refractivity contribution in [1.29, 1.82) is 0 Å². The van der Waals surface area contributed by atoms with Gasteiger partial charge in [0.25, 0.3) is 5.91 Å². The van der Waals surface area contributed by atoms with Crippen molar-refractivity contribution in [2.24, 2.45) is 0 Å². The Kier molecular flexibility index (Phi) is 5.81. The topological polar surface area (TPSA) is 64.9 Å². The molecule has 2 heterocycles. The van der Waals surface area contributed by atoms with Crippen LogP contribution >= 0.6 is 11.3 Å². The highest BCUT2D eigenvalue weighted by Crippen LogP contribution is 2.28. The average molecular weight is 420 g/mol. The Morgan fingerprint density at radius 1 is 1.20 bits per heavy atom. The van der Waals surface area contributed by atoms with E-state index in [1.165, 1.54) is 0 Å². The second kappa shape index (κ2) is 8.84. The van der Waals surface area contributed by atoms with Gasteiger partial charge in [-0.15, -0.1) is 11.3 Å². The van der Waals surface area contributed by atoms with Gasteiger partial charge in [-0.25, -0.2) is 4.98 Å². The van der Waals surface area contributed by atoms with Crippen molar-refractivity contribution in [3.05, 3.63) is 71.9 Å². The number of nitrogens with zero attached hydrogens (tertiary/aromatic N) is 2. The van der Waals surface area contributed by atoms with E-state index in [0.29, 0.717) is 17.2 Å². The molecule has 2 aromatic heterocycles. The number of methoxy groups -OCH3 is 1. The fraction of sp³-hybridized carbons (Fsp3) is 0.130.